The lowest BCUT2D eigenvalue weighted by Gasteiger charge is -2.18. The van der Waals surface area contributed by atoms with Crippen LogP contribution in [0.2, 0.25) is 5.02 Å². The smallest absolute Gasteiger partial charge is 0.282 e. The van der Waals surface area contributed by atoms with Crippen LogP contribution in [0.3, 0.4) is 0 Å². The number of hydrogen-bond acceptors (Lipinski definition) is 5. The molecule has 0 saturated carbocycles. The van der Waals surface area contributed by atoms with Gasteiger partial charge in [0.15, 0.2) is 5.82 Å². The zero-order valence-corrected chi connectivity index (χ0v) is 27.8. The minimum Gasteiger partial charge on any atom is -0.494 e. The minimum atomic E-state index is -0.273. The first-order valence-corrected chi connectivity index (χ1v) is 16.0. The number of anilines is 1. The molecular weight excluding hydrogens is 610 g/mol. The molecule has 0 bridgehead atoms. The number of carbonyl (C=O) groups is 1. The molecule has 0 saturated heterocycles. The summed E-state index contributed by atoms with van der Waals surface area (Å²) in [4.78, 5) is 32.2. The number of para-hydroxylation sites is 2. The average molecular weight is 646 g/mol. The summed E-state index contributed by atoms with van der Waals surface area (Å²) >= 11 is 6.01. The third-order valence-corrected chi connectivity index (χ3v) is 8.54. The van der Waals surface area contributed by atoms with Crippen LogP contribution in [0.1, 0.15) is 49.1 Å². The highest BCUT2D eigenvalue weighted by Gasteiger charge is 2.20. The molecule has 4 aromatic carbocycles. The standard InChI is InChI=1S/C38H36ClN5O3/c1-6-47-35-19-24(4)31(20-30(35)23(2)3)37-42-33-13-9-7-12-29(33)38(46)44(37)40-21-32-25(5)43(34-14-10-8-11-28(32)34)22-36(45)41-27-17-15-26(39)16-18-27/h7-21,23H,6,22H2,1-5H3,(H,41,45). The molecule has 1 amide bonds. The van der Waals surface area contributed by atoms with Gasteiger partial charge in [0.05, 0.1) is 23.7 Å². The van der Waals surface area contributed by atoms with Crippen LogP contribution in [-0.2, 0) is 11.3 Å². The number of carbonyl (C=O) groups excluding carboxylic acids is 1. The summed E-state index contributed by atoms with van der Waals surface area (Å²) in [5.41, 5.74) is 6.26. The normalized spacial score (nSPS) is 11.6. The van der Waals surface area contributed by atoms with E-state index in [9.17, 15) is 9.59 Å². The van der Waals surface area contributed by atoms with Crippen LogP contribution in [0.15, 0.2) is 94.8 Å². The van der Waals surface area contributed by atoms with Gasteiger partial charge in [-0.05, 0) is 92.4 Å². The number of nitrogens with zero attached hydrogens (tertiary/aromatic N) is 4. The second-order valence-corrected chi connectivity index (χ2v) is 12.2. The average Bonchev–Trinajstić information content (AvgIpc) is 3.31. The summed E-state index contributed by atoms with van der Waals surface area (Å²) in [5.74, 6) is 1.27. The summed E-state index contributed by atoms with van der Waals surface area (Å²) in [6.45, 7) is 10.8. The highest BCUT2D eigenvalue weighted by atomic mass is 35.5. The molecule has 0 aliphatic carbocycles. The Balaban J connectivity index is 1.47. The molecule has 0 fully saturated rings. The molecule has 2 heterocycles. The Kier molecular flexibility index (Phi) is 8.96. The molecule has 1 N–H and O–H groups in total. The van der Waals surface area contributed by atoms with Crippen LogP contribution < -0.4 is 15.6 Å². The van der Waals surface area contributed by atoms with E-state index in [1.165, 1.54) is 4.68 Å². The Labute approximate surface area is 278 Å². The predicted molar refractivity (Wildman–Crippen MR) is 191 cm³/mol. The predicted octanol–water partition coefficient (Wildman–Crippen LogP) is 8.33. The fourth-order valence-electron chi connectivity index (χ4n) is 5.89. The molecule has 8 nitrogen and oxygen atoms in total. The van der Waals surface area contributed by atoms with Crippen LogP contribution in [0.5, 0.6) is 5.75 Å². The Bertz CT molecular complexity index is 2210. The first-order chi connectivity index (χ1) is 22.7. The zero-order chi connectivity index (χ0) is 33.2. The van der Waals surface area contributed by atoms with Gasteiger partial charge < -0.3 is 14.6 Å². The molecule has 2 aromatic heterocycles. The van der Waals surface area contributed by atoms with Gasteiger partial charge in [0.25, 0.3) is 5.56 Å². The number of aryl methyl sites for hydroxylation is 1. The van der Waals surface area contributed by atoms with Gasteiger partial charge in [-0.2, -0.15) is 9.78 Å². The van der Waals surface area contributed by atoms with Crippen LogP contribution in [-0.4, -0.2) is 33.0 Å². The van der Waals surface area contributed by atoms with E-state index in [4.69, 9.17) is 26.4 Å². The van der Waals surface area contributed by atoms with Gasteiger partial charge in [0, 0.05) is 38.4 Å². The maximum atomic E-state index is 14.1. The Morgan fingerprint density at radius 2 is 1.70 bits per heavy atom. The SMILES string of the molecule is CCOc1cc(C)c(-c2nc3ccccc3c(=O)n2N=Cc2c(C)n(CC(=O)Nc3ccc(Cl)cc3)c3ccccc23)cc1C(C)C. The molecule has 238 valence electrons. The number of benzene rings is 4. The molecule has 0 aliphatic heterocycles. The number of amides is 1. The fourth-order valence-corrected chi connectivity index (χ4v) is 6.02. The maximum absolute atomic E-state index is 14.1. The third kappa shape index (κ3) is 6.29. The molecule has 0 spiro atoms. The van der Waals surface area contributed by atoms with Crippen LogP contribution in [0.4, 0.5) is 5.69 Å². The summed E-state index contributed by atoms with van der Waals surface area (Å²) in [7, 11) is 0. The maximum Gasteiger partial charge on any atom is 0.282 e. The second kappa shape index (κ2) is 13.3. The lowest BCUT2D eigenvalue weighted by Crippen LogP contribution is -2.21. The lowest BCUT2D eigenvalue weighted by atomic mass is 9.96. The Hall–Kier alpha value is -5.21. The number of aromatic nitrogens is 3. The zero-order valence-electron chi connectivity index (χ0n) is 27.0. The molecule has 0 unspecified atom stereocenters. The quantitative estimate of drug-likeness (QED) is 0.160. The summed E-state index contributed by atoms with van der Waals surface area (Å²) in [6.07, 6.45) is 1.69. The first-order valence-electron chi connectivity index (χ1n) is 15.6. The number of rotatable bonds is 9. The van der Waals surface area contributed by atoms with Crippen LogP contribution >= 0.6 is 11.6 Å². The van der Waals surface area contributed by atoms with E-state index >= 15 is 0 Å². The highest BCUT2D eigenvalue weighted by molar-refractivity contribution is 6.30. The van der Waals surface area contributed by atoms with Gasteiger partial charge in [-0.1, -0.05) is 55.8 Å². The van der Waals surface area contributed by atoms with E-state index in [0.717, 1.165) is 44.6 Å². The summed E-state index contributed by atoms with van der Waals surface area (Å²) < 4.78 is 9.30. The van der Waals surface area contributed by atoms with Crippen LogP contribution in [0.25, 0.3) is 33.2 Å². The summed E-state index contributed by atoms with van der Waals surface area (Å²) in [5, 5.41) is 9.74. The van der Waals surface area contributed by atoms with Crippen molar-refractivity contribution in [3.63, 3.8) is 0 Å². The van der Waals surface area contributed by atoms with Crippen molar-refractivity contribution in [3.8, 4) is 17.1 Å². The molecule has 9 heteroatoms. The third-order valence-electron chi connectivity index (χ3n) is 8.29. The van der Waals surface area contributed by atoms with E-state index in [-0.39, 0.29) is 23.9 Å². The first kappa shape index (κ1) is 31.8. The molecule has 47 heavy (non-hydrogen) atoms. The van der Waals surface area contributed by atoms with E-state index in [1.807, 2.05) is 73.9 Å². The largest absolute Gasteiger partial charge is 0.494 e. The number of hydrogen-bond donors (Lipinski definition) is 1. The molecular formula is C38H36ClN5O3. The number of fused-ring (bicyclic) bond motifs is 2. The van der Waals surface area contributed by atoms with Crippen molar-refractivity contribution in [2.45, 2.75) is 47.1 Å². The Morgan fingerprint density at radius 3 is 2.43 bits per heavy atom. The topological polar surface area (TPSA) is 90.5 Å². The van der Waals surface area contributed by atoms with E-state index in [1.54, 1.807) is 36.5 Å². The molecule has 0 atom stereocenters. The van der Waals surface area contributed by atoms with Gasteiger partial charge in [-0.25, -0.2) is 4.98 Å². The molecule has 6 aromatic rings. The van der Waals surface area contributed by atoms with E-state index in [2.05, 4.69) is 25.2 Å². The van der Waals surface area contributed by atoms with Crippen LogP contribution in [0, 0.1) is 13.8 Å². The molecule has 0 aliphatic rings. The Morgan fingerprint density at radius 1 is 1.00 bits per heavy atom. The highest BCUT2D eigenvalue weighted by Crippen LogP contribution is 2.34. The van der Waals surface area contributed by atoms with Crippen molar-refractivity contribution in [3.05, 3.63) is 123 Å². The van der Waals surface area contributed by atoms with Crippen molar-refractivity contribution in [2.75, 3.05) is 11.9 Å². The van der Waals surface area contributed by atoms with Crippen molar-refractivity contribution < 1.29 is 9.53 Å². The lowest BCUT2D eigenvalue weighted by molar-refractivity contribution is -0.116. The van der Waals surface area contributed by atoms with E-state index in [0.29, 0.717) is 34.0 Å². The van der Waals surface area contributed by atoms with E-state index < -0.39 is 0 Å². The van der Waals surface area contributed by atoms with Gasteiger partial charge in [-0.15, -0.1) is 0 Å². The van der Waals surface area contributed by atoms with Crippen molar-refractivity contribution in [2.24, 2.45) is 5.10 Å². The van der Waals surface area contributed by atoms with Gasteiger partial charge >= 0.3 is 0 Å². The van der Waals surface area contributed by atoms with Crippen molar-refractivity contribution in [1.29, 1.82) is 0 Å². The summed E-state index contributed by atoms with van der Waals surface area (Å²) in [6, 6.07) is 26.2. The van der Waals surface area contributed by atoms with Gasteiger partial charge in [0.1, 0.15) is 12.3 Å². The minimum absolute atomic E-state index is 0.0922. The second-order valence-electron chi connectivity index (χ2n) is 11.8. The van der Waals surface area contributed by atoms with Crippen molar-refractivity contribution >= 4 is 51.2 Å². The monoisotopic (exact) mass is 645 g/mol. The number of nitrogens with one attached hydrogen (secondary N) is 1. The number of ether oxygens (including phenoxy) is 1. The van der Waals surface area contributed by atoms with Gasteiger partial charge in [-0.3, -0.25) is 9.59 Å². The van der Waals surface area contributed by atoms with Gasteiger partial charge in [0.2, 0.25) is 5.91 Å². The molecule has 0 radical (unpaired) electrons. The molecule has 6 rings (SSSR count). The fraction of sp³-hybridized carbons (Fsp3) is 0.211. The number of halogens is 1. The van der Waals surface area contributed by atoms with Crippen molar-refractivity contribution in [1.82, 2.24) is 14.2 Å².